The fourth-order valence-corrected chi connectivity index (χ4v) is 2.38. The smallest absolute Gasteiger partial charge is 0.390 e. The first-order valence-electron chi connectivity index (χ1n) is 3.79. The van der Waals surface area contributed by atoms with Crippen molar-refractivity contribution in [2.24, 2.45) is 0 Å². The van der Waals surface area contributed by atoms with Gasteiger partial charge in [-0.3, -0.25) is 0 Å². The summed E-state index contributed by atoms with van der Waals surface area (Å²) in [5, 5.41) is 0. The second kappa shape index (κ2) is 5.48. The van der Waals surface area contributed by atoms with Crippen LogP contribution in [-0.2, 0) is 8.85 Å². The van der Waals surface area contributed by atoms with E-state index in [1.807, 2.05) is 13.8 Å². The Morgan fingerprint density at radius 2 is 1.82 bits per heavy atom. The maximum absolute atomic E-state index is 9.63. The van der Waals surface area contributed by atoms with Gasteiger partial charge in [0.2, 0.25) is 0 Å². The van der Waals surface area contributed by atoms with Gasteiger partial charge in [0.05, 0.1) is 0 Å². The lowest BCUT2D eigenvalue weighted by Crippen LogP contribution is -2.41. The zero-order valence-electron chi connectivity index (χ0n) is 7.17. The standard InChI is InChI=1S/C7H16O3Si/c1-4-7-11(8,9-5-2)10-6-3/h4,8H,1,5-7H2,2-3H3. The lowest BCUT2D eigenvalue weighted by atomic mass is 10.8. The van der Waals surface area contributed by atoms with Crippen molar-refractivity contribution in [3.8, 4) is 0 Å². The highest BCUT2D eigenvalue weighted by molar-refractivity contribution is 6.59. The topological polar surface area (TPSA) is 38.7 Å². The molecule has 0 aliphatic carbocycles. The van der Waals surface area contributed by atoms with E-state index in [0.29, 0.717) is 19.3 Å². The van der Waals surface area contributed by atoms with Crippen LogP contribution in [-0.4, -0.2) is 26.8 Å². The van der Waals surface area contributed by atoms with Crippen molar-refractivity contribution in [1.29, 1.82) is 0 Å². The average Bonchev–Trinajstić information content (AvgIpc) is 1.88. The van der Waals surface area contributed by atoms with Crippen LogP contribution in [0.5, 0.6) is 0 Å². The summed E-state index contributed by atoms with van der Waals surface area (Å²) in [6, 6.07) is 0.425. The Morgan fingerprint density at radius 1 is 1.36 bits per heavy atom. The fourth-order valence-electron chi connectivity index (χ4n) is 0.793. The predicted octanol–water partition coefficient (Wildman–Crippen LogP) is 1.18. The molecule has 1 N–H and O–H groups in total. The second-order valence-corrected chi connectivity index (χ2v) is 4.48. The molecule has 0 rings (SSSR count). The van der Waals surface area contributed by atoms with Gasteiger partial charge in [-0.2, -0.15) is 0 Å². The Morgan fingerprint density at radius 3 is 2.09 bits per heavy atom. The molecule has 0 aliphatic rings. The van der Waals surface area contributed by atoms with Gasteiger partial charge in [0.1, 0.15) is 0 Å². The van der Waals surface area contributed by atoms with Gasteiger partial charge >= 0.3 is 8.80 Å². The first-order valence-corrected chi connectivity index (χ1v) is 5.76. The van der Waals surface area contributed by atoms with E-state index in [4.69, 9.17) is 8.85 Å². The highest BCUT2D eigenvalue weighted by atomic mass is 28.4. The van der Waals surface area contributed by atoms with Crippen molar-refractivity contribution < 1.29 is 13.6 Å². The van der Waals surface area contributed by atoms with Crippen molar-refractivity contribution in [1.82, 2.24) is 0 Å². The first kappa shape index (κ1) is 10.8. The number of rotatable bonds is 6. The van der Waals surface area contributed by atoms with Crippen LogP contribution in [0.2, 0.25) is 6.04 Å². The van der Waals surface area contributed by atoms with E-state index in [1.54, 1.807) is 6.08 Å². The van der Waals surface area contributed by atoms with Gasteiger partial charge in [0.25, 0.3) is 0 Å². The van der Waals surface area contributed by atoms with E-state index in [2.05, 4.69) is 6.58 Å². The minimum atomic E-state index is -2.87. The average molecular weight is 176 g/mol. The normalized spacial score (nSPS) is 11.5. The molecular weight excluding hydrogens is 160 g/mol. The monoisotopic (exact) mass is 176 g/mol. The summed E-state index contributed by atoms with van der Waals surface area (Å²) in [4.78, 5) is 9.63. The molecule has 0 spiro atoms. The molecule has 0 radical (unpaired) electrons. The van der Waals surface area contributed by atoms with E-state index in [9.17, 15) is 4.80 Å². The van der Waals surface area contributed by atoms with Gasteiger partial charge in [-0.05, 0) is 13.8 Å². The van der Waals surface area contributed by atoms with Gasteiger partial charge in [-0.15, -0.1) is 6.58 Å². The SMILES string of the molecule is C=CC[Si](O)(OCC)OCC. The Kier molecular flexibility index (Phi) is 5.40. The van der Waals surface area contributed by atoms with E-state index in [-0.39, 0.29) is 0 Å². The highest BCUT2D eigenvalue weighted by Crippen LogP contribution is 2.09. The summed E-state index contributed by atoms with van der Waals surface area (Å²) in [7, 11) is -2.87. The largest absolute Gasteiger partial charge is 0.502 e. The van der Waals surface area contributed by atoms with Gasteiger partial charge in [-0.25, -0.2) is 0 Å². The van der Waals surface area contributed by atoms with E-state index < -0.39 is 8.80 Å². The third-order valence-corrected chi connectivity index (χ3v) is 3.43. The van der Waals surface area contributed by atoms with Gasteiger partial charge < -0.3 is 13.6 Å². The molecular formula is C7H16O3Si. The van der Waals surface area contributed by atoms with E-state index in [0.717, 1.165) is 0 Å². The zero-order chi connectivity index (χ0) is 8.74. The summed E-state index contributed by atoms with van der Waals surface area (Å²) in [5.74, 6) is 0. The molecule has 0 unspecified atom stereocenters. The molecule has 0 heterocycles. The van der Waals surface area contributed by atoms with Crippen molar-refractivity contribution >= 4 is 8.80 Å². The molecule has 0 aliphatic heterocycles. The van der Waals surface area contributed by atoms with Gasteiger partial charge in [0.15, 0.2) is 0 Å². The summed E-state index contributed by atoms with van der Waals surface area (Å²) in [6.45, 7) is 8.16. The first-order chi connectivity index (χ1) is 5.18. The minimum Gasteiger partial charge on any atom is -0.390 e. The van der Waals surface area contributed by atoms with Crippen molar-refractivity contribution in [3.63, 3.8) is 0 Å². The molecule has 0 aromatic carbocycles. The van der Waals surface area contributed by atoms with Crippen molar-refractivity contribution in [3.05, 3.63) is 12.7 Å². The van der Waals surface area contributed by atoms with Crippen molar-refractivity contribution in [2.45, 2.75) is 19.9 Å². The van der Waals surface area contributed by atoms with Gasteiger partial charge in [0, 0.05) is 19.3 Å². The van der Waals surface area contributed by atoms with Crippen LogP contribution in [0.3, 0.4) is 0 Å². The van der Waals surface area contributed by atoms with Gasteiger partial charge in [-0.1, -0.05) is 6.08 Å². The Bertz CT molecular complexity index is 110. The Balaban J connectivity index is 3.88. The van der Waals surface area contributed by atoms with E-state index >= 15 is 0 Å². The molecule has 0 saturated heterocycles. The Labute approximate surface area is 69.0 Å². The summed E-state index contributed by atoms with van der Waals surface area (Å²) >= 11 is 0. The van der Waals surface area contributed by atoms with E-state index in [1.165, 1.54) is 0 Å². The molecule has 0 saturated carbocycles. The molecule has 11 heavy (non-hydrogen) atoms. The lowest BCUT2D eigenvalue weighted by molar-refractivity contribution is 0.111. The third-order valence-electron chi connectivity index (χ3n) is 1.14. The zero-order valence-corrected chi connectivity index (χ0v) is 8.17. The van der Waals surface area contributed by atoms with Crippen LogP contribution < -0.4 is 0 Å². The highest BCUT2D eigenvalue weighted by Gasteiger charge is 2.34. The minimum absolute atomic E-state index is 0.425. The third kappa shape index (κ3) is 4.31. The summed E-state index contributed by atoms with van der Waals surface area (Å²) in [6.07, 6.45) is 1.62. The number of hydrogen-bond donors (Lipinski definition) is 1. The number of allylic oxidation sites excluding steroid dienone is 1. The van der Waals surface area contributed by atoms with Crippen LogP contribution in [0.15, 0.2) is 12.7 Å². The molecule has 0 bridgehead atoms. The predicted molar refractivity (Wildman–Crippen MR) is 46.2 cm³/mol. The molecule has 0 aromatic rings. The maximum Gasteiger partial charge on any atom is 0.502 e. The van der Waals surface area contributed by atoms with Crippen LogP contribution >= 0.6 is 0 Å². The number of hydrogen-bond acceptors (Lipinski definition) is 3. The Hall–Kier alpha value is -0.163. The van der Waals surface area contributed by atoms with Crippen LogP contribution in [0.25, 0.3) is 0 Å². The maximum atomic E-state index is 9.63. The molecule has 0 atom stereocenters. The quantitative estimate of drug-likeness (QED) is 0.488. The molecule has 0 amide bonds. The summed E-state index contributed by atoms with van der Waals surface area (Å²) < 4.78 is 10.2. The molecule has 3 nitrogen and oxygen atoms in total. The molecule has 0 aromatic heterocycles. The van der Waals surface area contributed by atoms with Crippen LogP contribution in [0.4, 0.5) is 0 Å². The second-order valence-electron chi connectivity index (χ2n) is 2.07. The fraction of sp³-hybridized carbons (Fsp3) is 0.714. The lowest BCUT2D eigenvalue weighted by Gasteiger charge is -2.21. The summed E-state index contributed by atoms with van der Waals surface area (Å²) in [5.41, 5.74) is 0. The molecule has 66 valence electrons. The van der Waals surface area contributed by atoms with Crippen LogP contribution in [0, 0.1) is 0 Å². The molecule has 0 fully saturated rings. The van der Waals surface area contributed by atoms with Crippen LogP contribution in [0.1, 0.15) is 13.8 Å². The van der Waals surface area contributed by atoms with Crippen molar-refractivity contribution in [2.75, 3.05) is 13.2 Å². The molecule has 4 heteroatoms.